The van der Waals surface area contributed by atoms with Crippen LogP contribution in [0.5, 0.6) is 0 Å². The highest BCUT2D eigenvalue weighted by Crippen LogP contribution is 2.26. The van der Waals surface area contributed by atoms with E-state index in [-0.39, 0.29) is 0 Å². The summed E-state index contributed by atoms with van der Waals surface area (Å²) in [5.41, 5.74) is 5.03. The number of hydrogen-bond acceptors (Lipinski definition) is 5. The Hall–Kier alpha value is -1.95. The summed E-state index contributed by atoms with van der Waals surface area (Å²) in [6.45, 7) is 6.14. The highest BCUT2D eigenvalue weighted by Gasteiger charge is 2.28. The third-order valence-electron chi connectivity index (χ3n) is 5.02. The minimum absolute atomic E-state index is 0.694. The maximum Gasteiger partial charge on any atom is 0.151 e. The van der Waals surface area contributed by atoms with E-state index in [1.54, 1.807) is 0 Å². The standard InChI is InChI=1S/C17H24N6/c1-12-15(9-19-20-12)8-18-7-13-10-23(11-13)17-6-14-4-2-3-5-16(14)21-22-17/h6,9,13,18H,2-5,7-8,10-11H2,1H3,(H,19,20). The summed E-state index contributed by atoms with van der Waals surface area (Å²) in [6.07, 6.45) is 6.72. The van der Waals surface area contributed by atoms with Crippen LogP contribution in [0.3, 0.4) is 0 Å². The van der Waals surface area contributed by atoms with Crippen LogP contribution in [0.15, 0.2) is 12.3 Å². The molecular weight excluding hydrogens is 288 g/mol. The van der Waals surface area contributed by atoms with Gasteiger partial charge in [-0.15, -0.1) is 5.10 Å². The van der Waals surface area contributed by atoms with E-state index in [0.717, 1.165) is 44.1 Å². The highest BCUT2D eigenvalue weighted by molar-refractivity contribution is 5.44. The van der Waals surface area contributed by atoms with Gasteiger partial charge in [0.2, 0.25) is 0 Å². The summed E-state index contributed by atoms with van der Waals surface area (Å²) >= 11 is 0. The van der Waals surface area contributed by atoms with Gasteiger partial charge in [0.15, 0.2) is 5.82 Å². The molecule has 0 spiro atoms. The molecule has 23 heavy (non-hydrogen) atoms. The zero-order valence-electron chi connectivity index (χ0n) is 13.7. The Morgan fingerprint density at radius 3 is 2.96 bits per heavy atom. The van der Waals surface area contributed by atoms with Gasteiger partial charge in [-0.05, 0) is 44.2 Å². The molecule has 0 atom stereocenters. The zero-order valence-corrected chi connectivity index (χ0v) is 13.7. The first kappa shape index (κ1) is 14.6. The number of hydrogen-bond donors (Lipinski definition) is 2. The van der Waals surface area contributed by atoms with Crippen LogP contribution in [0.25, 0.3) is 0 Å². The third kappa shape index (κ3) is 3.08. The molecule has 6 nitrogen and oxygen atoms in total. The lowest BCUT2D eigenvalue weighted by atomic mass is 9.95. The molecular formula is C17H24N6. The number of nitrogens with one attached hydrogen (secondary N) is 2. The molecule has 2 aromatic rings. The maximum absolute atomic E-state index is 4.44. The molecule has 122 valence electrons. The van der Waals surface area contributed by atoms with Crippen LogP contribution in [0.2, 0.25) is 0 Å². The molecule has 2 aliphatic rings. The number of aryl methyl sites for hydroxylation is 3. The molecule has 6 heteroatoms. The van der Waals surface area contributed by atoms with Gasteiger partial charge in [-0.1, -0.05) is 0 Å². The second-order valence-corrected chi connectivity index (χ2v) is 6.80. The fourth-order valence-electron chi connectivity index (χ4n) is 3.48. The van der Waals surface area contributed by atoms with E-state index in [9.17, 15) is 0 Å². The van der Waals surface area contributed by atoms with Crippen LogP contribution in [-0.2, 0) is 19.4 Å². The predicted octanol–water partition coefficient (Wildman–Crippen LogP) is 1.61. The fraction of sp³-hybridized carbons (Fsp3) is 0.588. The topological polar surface area (TPSA) is 69.7 Å². The quantitative estimate of drug-likeness (QED) is 0.878. The van der Waals surface area contributed by atoms with Crippen molar-refractivity contribution in [1.82, 2.24) is 25.7 Å². The van der Waals surface area contributed by atoms with Crippen molar-refractivity contribution in [3.63, 3.8) is 0 Å². The van der Waals surface area contributed by atoms with Crippen molar-refractivity contribution >= 4 is 5.82 Å². The van der Waals surface area contributed by atoms with Crippen molar-refractivity contribution in [2.24, 2.45) is 5.92 Å². The van der Waals surface area contributed by atoms with Gasteiger partial charge < -0.3 is 10.2 Å². The van der Waals surface area contributed by atoms with E-state index >= 15 is 0 Å². The second kappa shape index (κ2) is 6.28. The van der Waals surface area contributed by atoms with Crippen LogP contribution in [0.4, 0.5) is 5.82 Å². The lowest BCUT2D eigenvalue weighted by Gasteiger charge is -2.40. The van der Waals surface area contributed by atoms with Gasteiger partial charge >= 0.3 is 0 Å². The second-order valence-electron chi connectivity index (χ2n) is 6.80. The van der Waals surface area contributed by atoms with Crippen molar-refractivity contribution in [1.29, 1.82) is 0 Å². The Morgan fingerprint density at radius 1 is 1.26 bits per heavy atom. The molecule has 0 radical (unpaired) electrons. The summed E-state index contributed by atoms with van der Waals surface area (Å²) in [4.78, 5) is 2.34. The van der Waals surface area contributed by atoms with Gasteiger partial charge in [0, 0.05) is 43.4 Å². The maximum atomic E-state index is 4.44. The zero-order chi connectivity index (χ0) is 15.6. The monoisotopic (exact) mass is 312 g/mol. The summed E-state index contributed by atoms with van der Waals surface area (Å²) < 4.78 is 0. The van der Waals surface area contributed by atoms with Crippen molar-refractivity contribution in [2.45, 2.75) is 39.2 Å². The molecule has 0 unspecified atom stereocenters. The molecule has 0 aromatic carbocycles. The van der Waals surface area contributed by atoms with E-state index in [2.05, 4.69) is 43.6 Å². The molecule has 3 heterocycles. The molecule has 1 fully saturated rings. The Bertz CT molecular complexity index is 673. The van der Waals surface area contributed by atoms with E-state index in [1.807, 2.05) is 6.20 Å². The van der Waals surface area contributed by atoms with Gasteiger partial charge in [0.05, 0.1) is 11.9 Å². The number of anilines is 1. The first-order chi connectivity index (χ1) is 11.3. The summed E-state index contributed by atoms with van der Waals surface area (Å²) in [7, 11) is 0. The lowest BCUT2D eigenvalue weighted by molar-refractivity contribution is 0.381. The average molecular weight is 312 g/mol. The lowest BCUT2D eigenvalue weighted by Crippen LogP contribution is -2.51. The van der Waals surface area contributed by atoms with E-state index in [4.69, 9.17) is 0 Å². The minimum atomic E-state index is 0.694. The Kier molecular flexibility index (Phi) is 3.99. The minimum Gasteiger partial charge on any atom is -0.354 e. The van der Waals surface area contributed by atoms with Crippen LogP contribution in [0.1, 0.15) is 35.4 Å². The molecule has 1 aliphatic heterocycles. The molecule has 2 aromatic heterocycles. The fourth-order valence-corrected chi connectivity index (χ4v) is 3.48. The van der Waals surface area contributed by atoms with E-state index in [0.29, 0.717) is 5.92 Å². The number of rotatable bonds is 5. The van der Waals surface area contributed by atoms with E-state index < -0.39 is 0 Å². The number of H-pyrrole nitrogens is 1. The molecule has 0 bridgehead atoms. The van der Waals surface area contributed by atoms with Gasteiger partial charge in [0.25, 0.3) is 0 Å². The number of aromatic amines is 1. The van der Waals surface area contributed by atoms with Crippen LogP contribution < -0.4 is 10.2 Å². The van der Waals surface area contributed by atoms with Crippen molar-refractivity contribution in [3.8, 4) is 0 Å². The predicted molar refractivity (Wildman–Crippen MR) is 89.4 cm³/mol. The average Bonchev–Trinajstić information content (AvgIpc) is 2.94. The van der Waals surface area contributed by atoms with Crippen LogP contribution >= 0.6 is 0 Å². The number of nitrogens with zero attached hydrogens (tertiary/aromatic N) is 4. The van der Waals surface area contributed by atoms with Gasteiger partial charge in [-0.25, -0.2) is 0 Å². The SMILES string of the molecule is Cc1[nH]ncc1CNCC1CN(c2cc3c(nn2)CCCC3)C1. The van der Waals surface area contributed by atoms with Gasteiger partial charge in [-0.2, -0.15) is 10.2 Å². The van der Waals surface area contributed by atoms with Crippen molar-refractivity contribution in [3.05, 3.63) is 34.8 Å². The molecule has 0 amide bonds. The van der Waals surface area contributed by atoms with Crippen molar-refractivity contribution < 1.29 is 0 Å². The molecule has 2 N–H and O–H groups in total. The highest BCUT2D eigenvalue weighted by atomic mass is 15.3. The first-order valence-corrected chi connectivity index (χ1v) is 8.59. The summed E-state index contributed by atoms with van der Waals surface area (Å²) in [6, 6.07) is 2.26. The van der Waals surface area contributed by atoms with Gasteiger partial charge in [-0.3, -0.25) is 5.10 Å². The third-order valence-corrected chi connectivity index (χ3v) is 5.02. The number of aromatic nitrogens is 4. The Balaban J connectivity index is 1.26. The van der Waals surface area contributed by atoms with E-state index in [1.165, 1.54) is 36.1 Å². The van der Waals surface area contributed by atoms with Crippen molar-refractivity contribution in [2.75, 3.05) is 24.5 Å². The number of fused-ring (bicyclic) bond motifs is 1. The molecule has 0 saturated carbocycles. The first-order valence-electron chi connectivity index (χ1n) is 8.59. The largest absolute Gasteiger partial charge is 0.354 e. The smallest absolute Gasteiger partial charge is 0.151 e. The summed E-state index contributed by atoms with van der Waals surface area (Å²) in [5.74, 6) is 1.76. The Labute approximate surface area is 136 Å². The summed E-state index contributed by atoms with van der Waals surface area (Å²) in [5, 5.41) is 19.4. The van der Waals surface area contributed by atoms with Gasteiger partial charge in [0.1, 0.15) is 0 Å². The molecule has 1 aliphatic carbocycles. The molecule has 4 rings (SSSR count). The van der Waals surface area contributed by atoms with Crippen LogP contribution in [-0.4, -0.2) is 40.0 Å². The Morgan fingerprint density at radius 2 is 2.13 bits per heavy atom. The normalized spacial score (nSPS) is 17.9. The van der Waals surface area contributed by atoms with Crippen LogP contribution in [0, 0.1) is 12.8 Å². The molecule has 1 saturated heterocycles.